The Balaban J connectivity index is 1.29. The molecule has 3 heterocycles. The fourth-order valence-corrected chi connectivity index (χ4v) is 3.84. The van der Waals surface area contributed by atoms with E-state index in [1.54, 1.807) is 28.0 Å². The number of halogens is 1. The molecule has 31 heavy (non-hydrogen) atoms. The van der Waals surface area contributed by atoms with E-state index in [1.165, 1.54) is 25.0 Å². The smallest absolute Gasteiger partial charge is 0.216 e. The van der Waals surface area contributed by atoms with E-state index in [9.17, 15) is 9.50 Å². The van der Waals surface area contributed by atoms with E-state index in [0.29, 0.717) is 12.6 Å². The van der Waals surface area contributed by atoms with Gasteiger partial charge in [0.05, 0.1) is 31.7 Å². The van der Waals surface area contributed by atoms with E-state index in [-0.39, 0.29) is 30.6 Å². The van der Waals surface area contributed by atoms with Crippen LogP contribution in [0.1, 0.15) is 24.1 Å². The molecule has 0 radical (unpaired) electrons. The summed E-state index contributed by atoms with van der Waals surface area (Å²) >= 11 is 0. The molecule has 3 aromatic rings. The normalized spacial score (nSPS) is 23.5. The van der Waals surface area contributed by atoms with Gasteiger partial charge in [-0.2, -0.15) is 0 Å². The van der Waals surface area contributed by atoms with Gasteiger partial charge in [-0.25, -0.2) is 14.1 Å². The van der Waals surface area contributed by atoms with Crippen molar-refractivity contribution in [2.45, 2.75) is 50.3 Å². The molecule has 9 nitrogen and oxygen atoms in total. The molecule has 2 fully saturated rings. The van der Waals surface area contributed by atoms with Crippen LogP contribution < -0.4 is 5.32 Å². The summed E-state index contributed by atoms with van der Waals surface area (Å²) in [5.41, 5.74) is 1.15. The molecule has 5 rings (SSSR count). The summed E-state index contributed by atoms with van der Waals surface area (Å²) in [6.45, 7) is 1.82. The molecule has 2 atom stereocenters. The van der Waals surface area contributed by atoms with E-state index in [1.807, 2.05) is 6.20 Å². The molecule has 164 valence electrons. The number of rotatable bonds is 9. The van der Waals surface area contributed by atoms with Crippen LogP contribution in [-0.2, 0) is 34.8 Å². The van der Waals surface area contributed by atoms with Gasteiger partial charge in [0, 0.05) is 49.2 Å². The predicted molar refractivity (Wildman–Crippen MR) is 108 cm³/mol. The first-order valence-corrected chi connectivity index (χ1v) is 10.5. The lowest BCUT2D eigenvalue weighted by Gasteiger charge is -2.29. The van der Waals surface area contributed by atoms with Crippen LogP contribution in [0.25, 0.3) is 0 Å². The zero-order valence-corrected chi connectivity index (χ0v) is 17.0. The van der Waals surface area contributed by atoms with Gasteiger partial charge >= 0.3 is 0 Å². The second-order valence-electron chi connectivity index (χ2n) is 8.11. The average Bonchev–Trinajstić information content (AvgIpc) is 3.10. The Morgan fingerprint density at radius 2 is 2.23 bits per heavy atom. The van der Waals surface area contributed by atoms with Crippen molar-refractivity contribution in [2.75, 3.05) is 13.2 Å². The van der Waals surface area contributed by atoms with E-state index >= 15 is 0 Å². The minimum absolute atomic E-state index is 0.153. The van der Waals surface area contributed by atoms with Crippen LogP contribution in [0.3, 0.4) is 0 Å². The summed E-state index contributed by atoms with van der Waals surface area (Å²) in [6, 6.07) is 4.64. The summed E-state index contributed by atoms with van der Waals surface area (Å²) in [4.78, 5) is 4.04. The molecule has 2 aromatic heterocycles. The van der Waals surface area contributed by atoms with Crippen LogP contribution in [0.5, 0.6) is 5.75 Å². The number of phenolic OH excluding ortho intramolecular Hbond substituents is 1. The number of phenols is 1. The van der Waals surface area contributed by atoms with E-state index in [4.69, 9.17) is 9.47 Å². The molecule has 0 unspecified atom stereocenters. The van der Waals surface area contributed by atoms with Crippen molar-refractivity contribution in [1.82, 2.24) is 29.9 Å². The minimum atomic E-state index is -1.33. The molecule has 2 aliphatic rings. The van der Waals surface area contributed by atoms with Crippen molar-refractivity contribution in [2.24, 2.45) is 0 Å². The summed E-state index contributed by atoms with van der Waals surface area (Å²) in [7, 11) is 0. The number of nitrogens with one attached hydrogen (secondary N) is 1. The largest absolute Gasteiger partial charge is 0.508 e. The van der Waals surface area contributed by atoms with E-state index in [0.717, 1.165) is 24.7 Å². The molecule has 1 saturated heterocycles. The van der Waals surface area contributed by atoms with Crippen molar-refractivity contribution < 1.29 is 19.0 Å². The van der Waals surface area contributed by atoms with Crippen molar-refractivity contribution >= 4 is 0 Å². The van der Waals surface area contributed by atoms with Gasteiger partial charge in [0.1, 0.15) is 17.7 Å². The van der Waals surface area contributed by atoms with Crippen LogP contribution in [0.15, 0.2) is 43.1 Å². The van der Waals surface area contributed by atoms with Gasteiger partial charge in [-0.3, -0.25) is 0 Å². The summed E-state index contributed by atoms with van der Waals surface area (Å²) in [5.74, 6) is -2.08. The Morgan fingerprint density at radius 3 is 3.00 bits per heavy atom. The summed E-state index contributed by atoms with van der Waals surface area (Å²) < 4.78 is 30.6. The number of aromatic nitrogens is 5. The lowest BCUT2D eigenvalue weighted by atomic mass is 10.0. The highest BCUT2D eigenvalue weighted by atomic mass is 19.1. The maximum Gasteiger partial charge on any atom is 0.216 e. The predicted octanol–water partition coefficient (Wildman–Crippen LogP) is 1.58. The number of nitrogens with zero attached hydrogens (tertiary/aromatic N) is 5. The molecule has 2 N–H and O–H groups in total. The number of imidazole rings is 1. The van der Waals surface area contributed by atoms with Crippen molar-refractivity contribution in [3.05, 3.63) is 60.2 Å². The Kier molecular flexibility index (Phi) is 5.43. The van der Waals surface area contributed by atoms with Gasteiger partial charge in [-0.05, 0) is 25.0 Å². The molecular formula is C21H25FN6O3. The molecule has 1 saturated carbocycles. The molecule has 1 aliphatic heterocycles. The number of benzene rings is 1. The topological polar surface area (TPSA) is 99.2 Å². The van der Waals surface area contributed by atoms with E-state index < -0.39 is 11.6 Å². The average molecular weight is 428 g/mol. The van der Waals surface area contributed by atoms with Crippen molar-refractivity contribution in [3.8, 4) is 5.75 Å². The maximum atomic E-state index is 14.7. The minimum Gasteiger partial charge on any atom is -0.508 e. The first-order chi connectivity index (χ1) is 15.1. The standard InChI is InChI=1S/C21H25FN6O3/c22-20-9-17(29)3-4-19(20)21(13-27-8-7-23-14-27)30-12-18(31-21)11-28-10-16(25-26-28)5-6-24-15-1-2-15/h3-4,7-10,14-15,18,24,29H,1-2,5-6,11-13H2/t18-,21-/m0/s1. The van der Waals surface area contributed by atoms with Gasteiger partial charge in [0.15, 0.2) is 0 Å². The first kappa shape index (κ1) is 20.1. The highest BCUT2D eigenvalue weighted by Gasteiger charge is 2.45. The van der Waals surface area contributed by atoms with Crippen molar-refractivity contribution in [3.63, 3.8) is 0 Å². The van der Waals surface area contributed by atoms with Crippen LogP contribution in [-0.4, -0.2) is 54.9 Å². The van der Waals surface area contributed by atoms with Crippen LogP contribution in [0.4, 0.5) is 4.39 Å². The fourth-order valence-electron chi connectivity index (χ4n) is 3.84. The quantitative estimate of drug-likeness (QED) is 0.534. The van der Waals surface area contributed by atoms with Crippen LogP contribution in [0, 0.1) is 5.82 Å². The molecule has 1 aromatic carbocycles. The highest BCUT2D eigenvalue weighted by Crippen LogP contribution is 2.38. The number of ether oxygens (including phenoxy) is 2. The van der Waals surface area contributed by atoms with E-state index in [2.05, 4.69) is 20.6 Å². The van der Waals surface area contributed by atoms with Crippen molar-refractivity contribution in [1.29, 1.82) is 0 Å². The Morgan fingerprint density at radius 1 is 1.32 bits per heavy atom. The molecule has 10 heteroatoms. The number of aromatic hydroxyl groups is 1. The number of hydrogen-bond donors (Lipinski definition) is 2. The second-order valence-corrected chi connectivity index (χ2v) is 8.11. The SMILES string of the molecule is Oc1ccc([C@@]2(Cn3ccnc3)OC[C@H](Cn3cc(CCNC4CC4)nn3)O2)c(F)c1. The lowest BCUT2D eigenvalue weighted by Crippen LogP contribution is -2.35. The zero-order chi connectivity index (χ0) is 21.3. The Bertz CT molecular complexity index is 1020. The zero-order valence-electron chi connectivity index (χ0n) is 17.0. The van der Waals surface area contributed by atoms with Gasteiger partial charge in [0.2, 0.25) is 5.79 Å². The first-order valence-electron chi connectivity index (χ1n) is 10.5. The summed E-state index contributed by atoms with van der Waals surface area (Å²) in [5, 5.41) is 21.5. The molecule has 0 bridgehead atoms. The lowest BCUT2D eigenvalue weighted by molar-refractivity contribution is -0.190. The monoisotopic (exact) mass is 428 g/mol. The number of hydrogen-bond acceptors (Lipinski definition) is 7. The molecular weight excluding hydrogens is 403 g/mol. The second kappa shape index (κ2) is 8.37. The van der Waals surface area contributed by atoms with Gasteiger partial charge in [0.25, 0.3) is 0 Å². The molecule has 0 spiro atoms. The van der Waals surface area contributed by atoms with Crippen LogP contribution >= 0.6 is 0 Å². The van der Waals surface area contributed by atoms with Gasteiger partial charge in [-0.1, -0.05) is 5.21 Å². The highest BCUT2D eigenvalue weighted by molar-refractivity contribution is 5.31. The maximum absolute atomic E-state index is 14.7. The summed E-state index contributed by atoms with van der Waals surface area (Å²) in [6.07, 6.45) is 9.94. The molecule has 1 aliphatic carbocycles. The van der Waals surface area contributed by atoms with Gasteiger partial charge in [-0.15, -0.1) is 5.10 Å². The molecule has 0 amide bonds. The third kappa shape index (κ3) is 4.60. The van der Waals surface area contributed by atoms with Gasteiger partial charge < -0.3 is 24.5 Å². The fraction of sp³-hybridized carbons (Fsp3) is 0.476. The Hall–Kier alpha value is -2.82. The third-order valence-electron chi connectivity index (χ3n) is 5.54. The van der Waals surface area contributed by atoms with Crippen LogP contribution in [0.2, 0.25) is 0 Å². The Labute approximate surface area is 178 Å². The third-order valence-corrected chi connectivity index (χ3v) is 5.54.